The monoisotopic (exact) mass is 759 g/mol. The summed E-state index contributed by atoms with van der Waals surface area (Å²) < 4.78 is 0. The van der Waals surface area contributed by atoms with E-state index in [0.717, 1.165) is 94.0 Å². The van der Waals surface area contributed by atoms with Crippen LogP contribution in [0.3, 0.4) is 0 Å². The van der Waals surface area contributed by atoms with Crippen molar-refractivity contribution < 1.29 is 42.8 Å². The van der Waals surface area contributed by atoms with Crippen LogP contribution in [0, 0.1) is 7.43 Å². The molecule has 11 aromatic rings. The molecule has 60 heavy (non-hydrogen) atoms. The molecule has 0 unspecified atom stereocenters. The molecule has 0 radical (unpaired) electrons. The van der Waals surface area contributed by atoms with Crippen molar-refractivity contribution >= 4 is 54.5 Å². The van der Waals surface area contributed by atoms with E-state index in [0.29, 0.717) is 5.52 Å². The standard InChI is InChI=1S/C42H26N4.C9H7NO.CH3.2Li/c1-3-8-27(9-4-1)35-22-18-29-14-16-31-20-24-37(45-41(31)39(29)43-35)33-12-7-13-34(26-33)38-25-21-32-17-15-30-19-23-36(28-10-5-2-6-11-28)44-40(30)42(32)46-38;11-8-5-1-3-7-4-2-6-10-9(7)8;;;/h1-26H;1-6,11H;1H3;;/q;;-1;2*+1/p-1. The van der Waals surface area contributed by atoms with E-state index in [9.17, 15) is 5.11 Å². The summed E-state index contributed by atoms with van der Waals surface area (Å²) in [6, 6.07) is 63.2. The summed E-state index contributed by atoms with van der Waals surface area (Å²) in [5.41, 5.74) is 12.1. The Bertz CT molecular complexity index is 3090. The summed E-state index contributed by atoms with van der Waals surface area (Å²) in [4.78, 5) is 24.5. The van der Waals surface area contributed by atoms with Gasteiger partial charge in [0.1, 0.15) is 0 Å². The summed E-state index contributed by atoms with van der Waals surface area (Å²) in [7, 11) is 0. The third-order valence-corrected chi connectivity index (χ3v) is 10.2. The fourth-order valence-electron chi connectivity index (χ4n) is 7.31. The number of rotatable bonds is 4. The van der Waals surface area contributed by atoms with Crippen LogP contribution >= 0.6 is 0 Å². The Balaban J connectivity index is 0.000000338. The second kappa shape index (κ2) is 18.1. The fourth-order valence-corrected chi connectivity index (χ4v) is 7.31. The molecule has 0 atom stereocenters. The van der Waals surface area contributed by atoms with Crippen LogP contribution < -0.4 is 42.8 Å². The number of hydrogen-bond acceptors (Lipinski definition) is 6. The van der Waals surface area contributed by atoms with E-state index >= 15 is 0 Å². The molecule has 0 fully saturated rings. The van der Waals surface area contributed by atoms with Crippen molar-refractivity contribution in [2.24, 2.45) is 0 Å². The number of para-hydroxylation sites is 1. The van der Waals surface area contributed by atoms with Crippen LogP contribution in [0.1, 0.15) is 0 Å². The maximum atomic E-state index is 11.1. The molecule has 6 nitrogen and oxygen atoms in total. The molecule has 5 aromatic heterocycles. The van der Waals surface area contributed by atoms with Gasteiger partial charge in [0.05, 0.1) is 50.4 Å². The number of benzene rings is 6. The van der Waals surface area contributed by atoms with Crippen LogP contribution in [0.5, 0.6) is 5.75 Å². The Kier molecular flexibility index (Phi) is 12.5. The molecular weight excluding hydrogens is 724 g/mol. The van der Waals surface area contributed by atoms with E-state index in [2.05, 4.69) is 126 Å². The molecule has 276 valence electrons. The van der Waals surface area contributed by atoms with Gasteiger partial charge in [-0.1, -0.05) is 157 Å². The van der Waals surface area contributed by atoms with Crippen LogP contribution in [-0.4, -0.2) is 24.9 Å². The Morgan fingerprint density at radius 2 is 0.633 bits per heavy atom. The number of fused-ring (bicyclic) bond motifs is 7. The number of pyridine rings is 5. The maximum absolute atomic E-state index is 11.1. The summed E-state index contributed by atoms with van der Waals surface area (Å²) in [5.74, 6) is -0.0110. The van der Waals surface area contributed by atoms with Gasteiger partial charge in [0, 0.05) is 50.0 Å². The average molecular weight is 760 g/mol. The SMILES string of the molecule is [CH3-].[Li+].[Li+].[O-]c1cccc2cccnc12.c1ccc(-c2ccc3ccc4ccc(-c5cccc(-c6ccc7ccc8ccc(-c9ccccc9)nc8c7n6)c5)nc4c3n2)cc1. The van der Waals surface area contributed by atoms with E-state index in [4.69, 9.17) is 19.9 Å². The first kappa shape index (κ1) is 41.5. The van der Waals surface area contributed by atoms with Crippen LogP contribution in [0.25, 0.3) is 99.5 Å². The average Bonchev–Trinajstić information content (AvgIpc) is 3.29. The molecule has 6 aromatic carbocycles. The van der Waals surface area contributed by atoms with Gasteiger partial charge in [-0.3, -0.25) is 4.98 Å². The zero-order valence-electron chi connectivity index (χ0n) is 33.6. The Hall–Kier alpha value is -6.64. The Labute approximate surface area is 372 Å². The van der Waals surface area contributed by atoms with Crippen molar-refractivity contribution in [1.82, 2.24) is 24.9 Å². The smallest absolute Gasteiger partial charge is 0.871 e. The molecule has 0 bridgehead atoms. The molecule has 0 N–H and O–H groups in total. The first-order valence-corrected chi connectivity index (χ1v) is 18.8. The number of nitrogens with zero attached hydrogens (tertiary/aromatic N) is 5. The van der Waals surface area contributed by atoms with Gasteiger partial charge in [-0.2, -0.15) is 0 Å². The van der Waals surface area contributed by atoms with Crippen molar-refractivity contribution in [2.45, 2.75) is 0 Å². The summed E-state index contributed by atoms with van der Waals surface area (Å²) in [6.45, 7) is 0. The quantitative estimate of drug-likeness (QED) is 0.119. The fraction of sp³-hybridized carbons (Fsp3) is 0. The van der Waals surface area contributed by atoms with E-state index in [1.165, 1.54) is 6.07 Å². The second-order valence-electron chi connectivity index (χ2n) is 13.8. The molecule has 0 aliphatic carbocycles. The van der Waals surface area contributed by atoms with Crippen molar-refractivity contribution in [3.63, 3.8) is 0 Å². The van der Waals surface area contributed by atoms with Gasteiger partial charge in [0.2, 0.25) is 0 Å². The first-order valence-electron chi connectivity index (χ1n) is 18.8. The van der Waals surface area contributed by atoms with Crippen molar-refractivity contribution in [1.29, 1.82) is 0 Å². The molecule has 0 aliphatic rings. The predicted octanol–water partition coefficient (Wildman–Crippen LogP) is 6.31. The Morgan fingerprint density at radius 1 is 0.300 bits per heavy atom. The molecule has 0 saturated carbocycles. The van der Waals surface area contributed by atoms with Gasteiger partial charge in [0.25, 0.3) is 0 Å². The van der Waals surface area contributed by atoms with Crippen molar-refractivity contribution in [3.05, 3.63) is 202 Å². The topological polar surface area (TPSA) is 87.5 Å². The van der Waals surface area contributed by atoms with Gasteiger partial charge < -0.3 is 12.5 Å². The zero-order valence-corrected chi connectivity index (χ0v) is 33.6. The second-order valence-corrected chi connectivity index (χ2v) is 13.8. The largest absolute Gasteiger partial charge is 1.00 e. The molecule has 5 heterocycles. The Morgan fingerprint density at radius 3 is 1.05 bits per heavy atom. The molecule has 8 heteroatoms. The summed E-state index contributed by atoms with van der Waals surface area (Å²) in [6.07, 6.45) is 1.63. The van der Waals surface area contributed by atoms with Gasteiger partial charge >= 0.3 is 37.7 Å². The number of hydrogen-bond donors (Lipinski definition) is 0. The van der Waals surface area contributed by atoms with Crippen molar-refractivity contribution in [3.8, 4) is 50.8 Å². The van der Waals surface area contributed by atoms with Crippen LogP contribution in [-0.2, 0) is 0 Å². The van der Waals surface area contributed by atoms with Crippen LogP contribution in [0.4, 0.5) is 0 Å². The number of aromatic nitrogens is 5. The third-order valence-electron chi connectivity index (χ3n) is 10.2. The molecule has 0 amide bonds. The summed E-state index contributed by atoms with van der Waals surface area (Å²) in [5, 5.41) is 16.3. The molecule has 0 spiro atoms. The van der Waals surface area contributed by atoms with Gasteiger partial charge in [-0.15, -0.1) is 0 Å². The minimum absolute atomic E-state index is 0. The van der Waals surface area contributed by atoms with Crippen LogP contribution in [0.2, 0.25) is 0 Å². The molecule has 0 saturated heterocycles. The molecule has 11 rings (SSSR count). The van der Waals surface area contributed by atoms with Gasteiger partial charge in [0.15, 0.2) is 0 Å². The van der Waals surface area contributed by atoms with Crippen LogP contribution in [0.15, 0.2) is 194 Å². The third kappa shape index (κ3) is 8.16. The summed E-state index contributed by atoms with van der Waals surface area (Å²) >= 11 is 0. The van der Waals surface area contributed by atoms with E-state index in [1.807, 2.05) is 54.6 Å². The minimum Gasteiger partial charge on any atom is -0.871 e. The molecule has 0 aliphatic heterocycles. The molecular formula is C52H35Li2N5O. The van der Waals surface area contributed by atoms with Gasteiger partial charge in [-0.05, 0) is 41.8 Å². The predicted molar refractivity (Wildman–Crippen MR) is 237 cm³/mol. The maximum Gasteiger partial charge on any atom is 1.00 e. The minimum atomic E-state index is -0.0110. The van der Waals surface area contributed by atoms with Gasteiger partial charge in [-0.25, -0.2) is 19.9 Å². The van der Waals surface area contributed by atoms with Crippen molar-refractivity contribution in [2.75, 3.05) is 0 Å². The first-order chi connectivity index (χ1) is 28.1. The van der Waals surface area contributed by atoms with E-state index in [1.54, 1.807) is 12.3 Å². The van der Waals surface area contributed by atoms with E-state index < -0.39 is 0 Å². The zero-order chi connectivity index (χ0) is 38.1. The normalized spacial score (nSPS) is 10.7. The van der Waals surface area contributed by atoms with E-state index in [-0.39, 0.29) is 50.9 Å².